The number of aromatic nitrogens is 4. The number of imidazole rings is 1. The van der Waals surface area contributed by atoms with Crippen LogP contribution in [0.25, 0.3) is 28.2 Å². The highest BCUT2D eigenvalue weighted by atomic mass is 16.4. The van der Waals surface area contributed by atoms with Crippen molar-refractivity contribution >= 4 is 22.6 Å². The van der Waals surface area contributed by atoms with Crippen LogP contribution in [0.1, 0.15) is 17.9 Å². The standard InChI is InChI=1S/C25H21N5O2/c1-17-6-8-18(9-7-17)25-29-28-24(32-25)15-14-23(31)27-19-10-12-20(13-11-19)30-16-26-21-4-2-3-5-22(21)30/h2-13,16H,14-15H2,1H3,(H,27,31). The van der Waals surface area contributed by atoms with E-state index in [1.807, 2.05) is 84.3 Å². The van der Waals surface area contributed by atoms with Crippen molar-refractivity contribution in [2.45, 2.75) is 19.8 Å². The fraction of sp³-hybridized carbons (Fsp3) is 0.120. The lowest BCUT2D eigenvalue weighted by Crippen LogP contribution is -2.12. The molecule has 0 fully saturated rings. The molecule has 5 aromatic rings. The predicted molar refractivity (Wildman–Crippen MR) is 122 cm³/mol. The minimum atomic E-state index is -0.110. The van der Waals surface area contributed by atoms with Crippen LogP contribution in [-0.2, 0) is 11.2 Å². The van der Waals surface area contributed by atoms with E-state index in [0.717, 1.165) is 33.5 Å². The SMILES string of the molecule is Cc1ccc(-c2nnc(CCC(=O)Nc3ccc(-n4cnc5ccccc54)cc3)o2)cc1. The second kappa shape index (κ2) is 8.47. The lowest BCUT2D eigenvalue weighted by molar-refractivity contribution is -0.116. The van der Waals surface area contributed by atoms with Crippen LogP contribution in [0.4, 0.5) is 5.69 Å². The van der Waals surface area contributed by atoms with E-state index >= 15 is 0 Å². The molecule has 2 aromatic heterocycles. The van der Waals surface area contributed by atoms with Gasteiger partial charge in [0, 0.05) is 29.8 Å². The number of fused-ring (bicyclic) bond motifs is 1. The normalized spacial score (nSPS) is 11.0. The number of benzene rings is 3. The Kier molecular flexibility index (Phi) is 5.21. The number of amides is 1. The zero-order valence-electron chi connectivity index (χ0n) is 17.5. The third-order valence-corrected chi connectivity index (χ3v) is 5.21. The van der Waals surface area contributed by atoms with E-state index in [0.29, 0.717) is 18.2 Å². The molecule has 0 saturated carbocycles. The van der Waals surface area contributed by atoms with Gasteiger partial charge >= 0.3 is 0 Å². The van der Waals surface area contributed by atoms with Crippen molar-refractivity contribution in [1.29, 1.82) is 0 Å². The molecular formula is C25H21N5O2. The number of aryl methyl sites for hydroxylation is 2. The quantitative estimate of drug-likeness (QED) is 0.417. The summed E-state index contributed by atoms with van der Waals surface area (Å²) < 4.78 is 7.71. The van der Waals surface area contributed by atoms with Gasteiger partial charge in [0.1, 0.15) is 6.33 Å². The van der Waals surface area contributed by atoms with E-state index in [9.17, 15) is 4.79 Å². The van der Waals surface area contributed by atoms with Crippen molar-refractivity contribution < 1.29 is 9.21 Å². The molecule has 7 nitrogen and oxygen atoms in total. The summed E-state index contributed by atoms with van der Waals surface area (Å²) in [6.45, 7) is 2.02. The van der Waals surface area contributed by atoms with Crippen molar-refractivity contribution in [3.8, 4) is 17.1 Å². The molecule has 0 radical (unpaired) electrons. The van der Waals surface area contributed by atoms with Crippen LogP contribution in [0.5, 0.6) is 0 Å². The molecule has 0 aliphatic carbocycles. The maximum atomic E-state index is 12.4. The molecule has 5 rings (SSSR count). The van der Waals surface area contributed by atoms with Crippen molar-refractivity contribution in [2.75, 3.05) is 5.32 Å². The van der Waals surface area contributed by atoms with Gasteiger partial charge in [-0.05, 0) is 55.5 Å². The van der Waals surface area contributed by atoms with Gasteiger partial charge in [0.2, 0.25) is 17.7 Å². The number of hydrogen-bond acceptors (Lipinski definition) is 5. The first-order valence-electron chi connectivity index (χ1n) is 10.4. The Morgan fingerprint density at radius 2 is 1.75 bits per heavy atom. The second-order valence-corrected chi connectivity index (χ2v) is 7.57. The maximum absolute atomic E-state index is 12.4. The number of anilines is 1. The topological polar surface area (TPSA) is 85.8 Å². The second-order valence-electron chi connectivity index (χ2n) is 7.57. The number of carbonyl (C=O) groups excluding carboxylic acids is 1. The first kappa shape index (κ1) is 19.7. The summed E-state index contributed by atoms with van der Waals surface area (Å²) in [5.41, 5.74) is 5.71. The number of hydrogen-bond donors (Lipinski definition) is 1. The number of para-hydroxylation sites is 2. The molecule has 0 spiro atoms. The van der Waals surface area contributed by atoms with Crippen LogP contribution in [0.2, 0.25) is 0 Å². The van der Waals surface area contributed by atoms with Gasteiger partial charge in [0.25, 0.3) is 0 Å². The molecule has 0 aliphatic rings. The molecule has 0 unspecified atom stereocenters. The average Bonchev–Trinajstić information content (AvgIpc) is 3.46. The fourth-order valence-electron chi connectivity index (χ4n) is 3.48. The largest absolute Gasteiger partial charge is 0.421 e. The summed E-state index contributed by atoms with van der Waals surface area (Å²) in [6, 6.07) is 23.5. The Morgan fingerprint density at radius 1 is 0.969 bits per heavy atom. The Labute approximate surface area is 184 Å². The first-order valence-corrected chi connectivity index (χ1v) is 10.4. The van der Waals surface area contributed by atoms with Crippen molar-refractivity contribution in [3.63, 3.8) is 0 Å². The molecule has 0 bridgehead atoms. The number of carbonyl (C=O) groups is 1. The molecule has 1 amide bonds. The van der Waals surface area contributed by atoms with Crippen LogP contribution in [0.15, 0.2) is 83.5 Å². The number of rotatable bonds is 6. The molecule has 0 saturated heterocycles. The molecule has 0 atom stereocenters. The molecular weight excluding hydrogens is 402 g/mol. The van der Waals surface area contributed by atoms with Gasteiger partial charge in [-0.25, -0.2) is 4.98 Å². The third kappa shape index (κ3) is 4.13. The van der Waals surface area contributed by atoms with Crippen molar-refractivity contribution in [3.05, 3.63) is 90.6 Å². The Morgan fingerprint density at radius 3 is 2.56 bits per heavy atom. The lowest BCUT2D eigenvalue weighted by Gasteiger charge is -2.07. The van der Waals surface area contributed by atoms with E-state index in [4.69, 9.17) is 4.42 Å². The highest BCUT2D eigenvalue weighted by Crippen LogP contribution is 2.21. The first-order chi connectivity index (χ1) is 15.7. The van der Waals surface area contributed by atoms with Crippen LogP contribution >= 0.6 is 0 Å². The molecule has 1 N–H and O–H groups in total. The number of nitrogens with zero attached hydrogens (tertiary/aromatic N) is 4. The smallest absolute Gasteiger partial charge is 0.247 e. The van der Waals surface area contributed by atoms with Gasteiger partial charge in [0.15, 0.2) is 0 Å². The fourth-order valence-corrected chi connectivity index (χ4v) is 3.48. The Hall–Kier alpha value is -4.26. The highest BCUT2D eigenvalue weighted by Gasteiger charge is 2.11. The molecule has 0 aliphatic heterocycles. The summed E-state index contributed by atoms with van der Waals surface area (Å²) in [5.74, 6) is 0.794. The Bertz CT molecular complexity index is 1370. The lowest BCUT2D eigenvalue weighted by atomic mass is 10.1. The van der Waals surface area contributed by atoms with E-state index < -0.39 is 0 Å². The third-order valence-electron chi connectivity index (χ3n) is 5.21. The maximum Gasteiger partial charge on any atom is 0.247 e. The van der Waals surface area contributed by atoms with Gasteiger partial charge < -0.3 is 9.73 Å². The van der Waals surface area contributed by atoms with E-state index in [2.05, 4.69) is 20.5 Å². The zero-order valence-corrected chi connectivity index (χ0v) is 17.5. The summed E-state index contributed by atoms with van der Waals surface area (Å²) in [5, 5.41) is 11.0. The summed E-state index contributed by atoms with van der Waals surface area (Å²) >= 11 is 0. The van der Waals surface area contributed by atoms with Crippen molar-refractivity contribution in [1.82, 2.24) is 19.7 Å². The van der Waals surface area contributed by atoms with Gasteiger partial charge in [0.05, 0.1) is 11.0 Å². The minimum Gasteiger partial charge on any atom is -0.421 e. The molecule has 7 heteroatoms. The van der Waals surface area contributed by atoms with E-state index in [1.54, 1.807) is 6.33 Å². The summed E-state index contributed by atoms with van der Waals surface area (Å²) in [4.78, 5) is 16.8. The van der Waals surface area contributed by atoms with Gasteiger partial charge in [-0.3, -0.25) is 9.36 Å². The average molecular weight is 423 g/mol. The summed E-state index contributed by atoms with van der Waals surface area (Å²) in [6.07, 6.45) is 2.43. The van der Waals surface area contributed by atoms with Gasteiger partial charge in [-0.15, -0.1) is 10.2 Å². The van der Waals surface area contributed by atoms with E-state index in [-0.39, 0.29) is 12.3 Å². The Balaban J connectivity index is 1.19. The minimum absolute atomic E-state index is 0.110. The molecule has 32 heavy (non-hydrogen) atoms. The summed E-state index contributed by atoms with van der Waals surface area (Å²) in [7, 11) is 0. The van der Waals surface area contributed by atoms with Crippen molar-refractivity contribution in [2.24, 2.45) is 0 Å². The van der Waals surface area contributed by atoms with Crippen LogP contribution in [0, 0.1) is 6.92 Å². The van der Waals surface area contributed by atoms with E-state index in [1.165, 1.54) is 0 Å². The van der Waals surface area contributed by atoms with Gasteiger partial charge in [-0.2, -0.15) is 0 Å². The molecule has 158 valence electrons. The van der Waals surface area contributed by atoms with Gasteiger partial charge in [-0.1, -0.05) is 29.8 Å². The van der Waals surface area contributed by atoms with Crippen LogP contribution in [-0.4, -0.2) is 25.7 Å². The van der Waals surface area contributed by atoms with Crippen LogP contribution < -0.4 is 5.32 Å². The number of nitrogens with one attached hydrogen (secondary N) is 1. The molecule has 3 aromatic carbocycles. The predicted octanol–water partition coefficient (Wildman–Crippen LogP) is 4.96. The highest BCUT2D eigenvalue weighted by molar-refractivity contribution is 5.91. The van der Waals surface area contributed by atoms with Crippen LogP contribution in [0.3, 0.4) is 0 Å². The molecule has 2 heterocycles. The zero-order chi connectivity index (χ0) is 21.9. The monoisotopic (exact) mass is 423 g/mol.